The van der Waals surface area contributed by atoms with E-state index in [1.54, 1.807) is 0 Å². The van der Waals surface area contributed by atoms with Gasteiger partial charge in [0.25, 0.3) is 0 Å². The van der Waals surface area contributed by atoms with Crippen molar-refractivity contribution in [1.82, 2.24) is 4.57 Å². The van der Waals surface area contributed by atoms with Gasteiger partial charge in [0.1, 0.15) is 33.5 Å². The Morgan fingerprint density at radius 3 is 1.82 bits per heavy atom. The fraction of sp³-hybridized carbons (Fsp3) is 0.200. The molecule has 0 saturated carbocycles. The number of rotatable bonds is 3. The molecule has 0 amide bonds. The van der Waals surface area contributed by atoms with E-state index >= 15 is 0 Å². The summed E-state index contributed by atoms with van der Waals surface area (Å²) in [5.41, 5.74) is 19.6. The van der Waals surface area contributed by atoms with Crippen LogP contribution in [0, 0.1) is 0 Å². The highest BCUT2D eigenvalue weighted by molar-refractivity contribution is 6.73. The SMILES string of the molecule is CC(C)(C)c1ccc(Nc2cc3c(cc2-c2ccc4c5cc6c(cc5n5c4c2[B]c2cc4oc7ccccc7c4cc2-5)oc2ccccc26)oc2cc4c(cc23)C(C)(C)CCC4(C)C)cc1. The van der Waals surface area contributed by atoms with Crippen molar-refractivity contribution in [3.05, 3.63) is 150 Å². The van der Waals surface area contributed by atoms with E-state index in [1.807, 2.05) is 12.1 Å². The van der Waals surface area contributed by atoms with E-state index in [-0.39, 0.29) is 16.2 Å². The Morgan fingerprint density at radius 2 is 1.11 bits per heavy atom. The lowest BCUT2D eigenvalue weighted by atomic mass is 9.59. The maximum absolute atomic E-state index is 6.98. The van der Waals surface area contributed by atoms with Gasteiger partial charge in [-0.2, -0.15) is 0 Å². The zero-order valence-electron chi connectivity index (χ0n) is 38.4. The lowest BCUT2D eigenvalue weighted by Gasteiger charge is -2.41. The Morgan fingerprint density at radius 1 is 0.515 bits per heavy atom. The predicted octanol–water partition coefficient (Wildman–Crippen LogP) is 15.5. The fourth-order valence-electron chi connectivity index (χ4n) is 11.6. The smallest absolute Gasteiger partial charge is 0.198 e. The fourth-order valence-corrected chi connectivity index (χ4v) is 11.6. The molecule has 2 aliphatic rings. The molecule has 319 valence electrons. The number of hydrogen-bond acceptors (Lipinski definition) is 4. The van der Waals surface area contributed by atoms with Crippen LogP contribution in [0.25, 0.3) is 104 Å². The Bertz CT molecular complexity index is 4090. The Kier molecular flexibility index (Phi) is 7.39. The number of anilines is 2. The molecule has 6 heteroatoms. The predicted molar refractivity (Wildman–Crippen MR) is 277 cm³/mol. The van der Waals surface area contributed by atoms with Crippen molar-refractivity contribution >= 4 is 117 Å². The van der Waals surface area contributed by atoms with Crippen molar-refractivity contribution < 1.29 is 13.3 Å². The molecule has 14 rings (SSSR count). The van der Waals surface area contributed by atoms with Gasteiger partial charge in [-0.3, -0.25) is 0 Å². The van der Waals surface area contributed by atoms with Crippen LogP contribution in [0.2, 0.25) is 0 Å². The number of benzene rings is 8. The minimum atomic E-state index is 0.0477. The molecule has 66 heavy (non-hydrogen) atoms. The normalized spacial score (nSPS) is 15.4. The first kappa shape index (κ1) is 38.1. The number of nitrogens with zero attached hydrogens (tertiary/aromatic N) is 1. The van der Waals surface area contributed by atoms with E-state index < -0.39 is 0 Å². The molecular weight excluding hydrogens is 807 g/mol. The molecular formula is C60H48BN2O3. The quantitative estimate of drug-likeness (QED) is 0.180. The maximum atomic E-state index is 6.98. The lowest BCUT2D eigenvalue weighted by Crippen LogP contribution is -2.37. The third-order valence-electron chi connectivity index (χ3n) is 15.4. The van der Waals surface area contributed by atoms with Gasteiger partial charge in [0, 0.05) is 77.3 Å². The van der Waals surface area contributed by atoms with Crippen LogP contribution in [-0.4, -0.2) is 11.8 Å². The minimum Gasteiger partial charge on any atom is -0.456 e. The molecule has 5 nitrogen and oxygen atoms in total. The monoisotopic (exact) mass is 855 g/mol. The van der Waals surface area contributed by atoms with Crippen molar-refractivity contribution in [2.24, 2.45) is 0 Å². The molecule has 0 spiro atoms. The summed E-state index contributed by atoms with van der Waals surface area (Å²) in [5.74, 6) is 0. The van der Waals surface area contributed by atoms with E-state index in [0.717, 1.165) is 123 Å². The summed E-state index contributed by atoms with van der Waals surface area (Å²) in [4.78, 5) is 0. The van der Waals surface area contributed by atoms with Crippen molar-refractivity contribution in [2.45, 2.75) is 77.6 Å². The first-order chi connectivity index (χ1) is 31.8. The first-order valence-electron chi connectivity index (χ1n) is 23.4. The lowest BCUT2D eigenvalue weighted by molar-refractivity contribution is 0.332. The number of aromatic nitrogens is 1. The number of furan rings is 3. The topological polar surface area (TPSA) is 56.4 Å². The summed E-state index contributed by atoms with van der Waals surface area (Å²) in [6.07, 6.45) is 2.31. The molecule has 0 bridgehead atoms. The minimum absolute atomic E-state index is 0.0477. The first-order valence-corrected chi connectivity index (χ1v) is 23.4. The zero-order chi connectivity index (χ0) is 44.6. The Hall–Kier alpha value is -7.18. The van der Waals surface area contributed by atoms with Gasteiger partial charge in [-0.15, -0.1) is 0 Å². The van der Waals surface area contributed by atoms with Crippen LogP contribution in [0.15, 0.2) is 147 Å². The summed E-state index contributed by atoms with van der Waals surface area (Å²) in [6, 6.07) is 48.8. The van der Waals surface area contributed by atoms with Gasteiger partial charge >= 0.3 is 0 Å². The number of para-hydroxylation sites is 2. The zero-order valence-corrected chi connectivity index (χ0v) is 38.4. The van der Waals surface area contributed by atoms with Gasteiger partial charge < -0.3 is 23.1 Å². The van der Waals surface area contributed by atoms with Crippen LogP contribution in [0.5, 0.6) is 0 Å². The largest absolute Gasteiger partial charge is 0.456 e. The van der Waals surface area contributed by atoms with Crippen molar-refractivity contribution in [2.75, 3.05) is 5.32 Å². The molecule has 4 aromatic heterocycles. The van der Waals surface area contributed by atoms with Gasteiger partial charge in [0.15, 0.2) is 7.28 Å². The number of nitrogens with one attached hydrogen (secondary N) is 1. The molecule has 8 aromatic carbocycles. The summed E-state index contributed by atoms with van der Waals surface area (Å²) in [6.45, 7) is 16.4. The van der Waals surface area contributed by atoms with E-state index in [9.17, 15) is 0 Å². The van der Waals surface area contributed by atoms with Crippen LogP contribution in [0.1, 0.15) is 78.0 Å². The Balaban J connectivity index is 1.06. The summed E-state index contributed by atoms with van der Waals surface area (Å²) < 4.78 is 22.6. The van der Waals surface area contributed by atoms with E-state index in [2.05, 4.69) is 187 Å². The summed E-state index contributed by atoms with van der Waals surface area (Å²) >= 11 is 0. The molecule has 1 N–H and O–H groups in total. The second-order valence-electron chi connectivity index (χ2n) is 21.5. The second kappa shape index (κ2) is 12.8. The van der Waals surface area contributed by atoms with Gasteiger partial charge in [-0.25, -0.2) is 0 Å². The van der Waals surface area contributed by atoms with Crippen molar-refractivity contribution in [1.29, 1.82) is 0 Å². The van der Waals surface area contributed by atoms with Crippen LogP contribution in [-0.2, 0) is 16.2 Å². The average molecular weight is 856 g/mol. The molecule has 0 atom stereocenters. The van der Waals surface area contributed by atoms with Gasteiger partial charge in [-0.1, -0.05) is 115 Å². The van der Waals surface area contributed by atoms with E-state index in [0.29, 0.717) is 0 Å². The highest BCUT2D eigenvalue weighted by Gasteiger charge is 2.38. The molecule has 1 aliphatic carbocycles. The maximum Gasteiger partial charge on any atom is 0.198 e. The van der Waals surface area contributed by atoms with Gasteiger partial charge in [0.2, 0.25) is 0 Å². The summed E-state index contributed by atoms with van der Waals surface area (Å²) in [5, 5.41) is 13.1. The molecule has 5 heterocycles. The second-order valence-corrected chi connectivity index (χ2v) is 21.5. The molecule has 0 unspecified atom stereocenters. The third kappa shape index (κ3) is 5.30. The number of hydrogen-bond donors (Lipinski definition) is 1. The van der Waals surface area contributed by atoms with Crippen molar-refractivity contribution in [3.8, 4) is 16.8 Å². The highest BCUT2D eigenvalue weighted by Crippen LogP contribution is 2.50. The Labute approximate surface area is 383 Å². The number of fused-ring (bicyclic) bond motifs is 15. The molecule has 1 aliphatic heterocycles. The van der Waals surface area contributed by atoms with Crippen LogP contribution < -0.4 is 16.2 Å². The average Bonchev–Trinajstić information content (AvgIpc) is 4.05. The van der Waals surface area contributed by atoms with Crippen LogP contribution in [0.4, 0.5) is 11.4 Å². The molecule has 12 aromatic rings. The van der Waals surface area contributed by atoms with Gasteiger partial charge in [-0.05, 0) is 124 Å². The highest BCUT2D eigenvalue weighted by atomic mass is 16.3. The standard InChI is InChI=1S/C60H48BN2O3/c1-58(2,3)32-16-18-33(19-17-32)62-47-26-42-41-25-44-45(60(6,7)23-22-59(44,4)5)29-53(41)66-52(42)28-38(47)36-20-21-37-39-24-40-34-12-8-10-14-50(34)65-55(40)31-48(39)63-49-27-43-35-13-9-11-15-51(35)64-54(43)30-46(49)61-56(36)57(37)63/h8-21,24-31,62H,22-23H2,1-7H3. The summed E-state index contributed by atoms with van der Waals surface area (Å²) in [7, 11) is 2.38. The van der Waals surface area contributed by atoms with Gasteiger partial charge in [0.05, 0.1) is 5.52 Å². The van der Waals surface area contributed by atoms with E-state index in [1.165, 1.54) is 33.0 Å². The third-order valence-corrected chi connectivity index (χ3v) is 15.4. The van der Waals surface area contributed by atoms with Crippen LogP contribution >= 0.6 is 0 Å². The molecule has 1 radical (unpaired) electrons. The van der Waals surface area contributed by atoms with E-state index in [4.69, 9.17) is 13.3 Å². The molecule has 0 fully saturated rings. The molecule has 0 saturated heterocycles. The van der Waals surface area contributed by atoms with Crippen molar-refractivity contribution in [3.63, 3.8) is 0 Å². The van der Waals surface area contributed by atoms with Crippen LogP contribution in [0.3, 0.4) is 0 Å².